The number of benzene rings is 1. The third-order valence-corrected chi connectivity index (χ3v) is 4.54. The van der Waals surface area contributed by atoms with Crippen molar-refractivity contribution < 1.29 is 27.5 Å². The quantitative estimate of drug-likeness (QED) is 0.581. The molecular weight excluding hydrogens is 367 g/mol. The highest BCUT2D eigenvalue weighted by atomic mass is 35.5. The molecule has 0 bridgehead atoms. The Labute approximate surface area is 144 Å². The number of alkyl halides is 3. The number of pyridine rings is 1. The molecule has 126 valence electrons. The van der Waals surface area contributed by atoms with Gasteiger partial charge in [-0.25, -0.2) is 9.78 Å². The minimum Gasteiger partial charge on any atom is -0.465 e. The minimum absolute atomic E-state index is 0.0512. The van der Waals surface area contributed by atoms with Gasteiger partial charge < -0.3 is 4.74 Å². The SMILES string of the molecule is COC(=O)c1cccnc1Sc1c(Cl)ccc(C(F)(F)F)c1C=O. The van der Waals surface area contributed by atoms with Crippen LogP contribution in [0, 0.1) is 0 Å². The summed E-state index contributed by atoms with van der Waals surface area (Å²) in [5.74, 6) is -0.707. The molecule has 2 rings (SSSR count). The van der Waals surface area contributed by atoms with E-state index in [1.54, 1.807) is 0 Å². The first kappa shape index (κ1) is 18.3. The molecular formula is C15H9ClF3NO3S. The highest BCUT2D eigenvalue weighted by Gasteiger charge is 2.35. The van der Waals surface area contributed by atoms with Crippen LogP contribution in [0.1, 0.15) is 26.3 Å². The molecule has 0 unspecified atom stereocenters. The van der Waals surface area contributed by atoms with Crippen molar-refractivity contribution in [3.8, 4) is 0 Å². The van der Waals surface area contributed by atoms with Crippen LogP contribution in [0.5, 0.6) is 0 Å². The number of methoxy groups -OCH3 is 1. The van der Waals surface area contributed by atoms with Gasteiger partial charge in [0.15, 0.2) is 6.29 Å². The second-order valence-electron chi connectivity index (χ2n) is 4.40. The van der Waals surface area contributed by atoms with Gasteiger partial charge in [-0.2, -0.15) is 13.2 Å². The summed E-state index contributed by atoms with van der Waals surface area (Å²) in [5, 5.41) is 0.0187. The van der Waals surface area contributed by atoms with Crippen LogP contribution in [0.4, 0.5) is 13.2 Å². The summed E-state index contributed by atoms with van der Waals surface area (Å²) in [6, 6.07) is 4.66. The number of hydrogen-bond donors (Lipinski definition) is 0. The minimum atomic E-state index is -4.72. The van der Waals surface area contributed by atoms with E-state index < -0.39 is 23.3 Å². The lowest BCUT2D eigenvalue weighted by Gasteiger charge is -2.14. The van der Waals surface area contributed by atoms with E-state index in [0.29, 0.717) is 11.8 Å². The molecule has 0 aliphatic heterocycles. The standard InChI is InChI=1S/C15H9ClF3NO3S/c1-23-14(22)8-3-2-6-20-13(8)24-12-9(7-21)10(15(17,18)19)4-5-11(12)16/h2-7H,1H3. The molecule has 1 aromatic heterocycles. The van der Waals surface area contributed by atoms with Gasteiger partial charge in [-0.05, 0) is 24.3 Å². The first-order valence-electron chi connectivity index (χ1n) is 6.35. The van der Waals surface area contributed by atoms with Crippen molar-refractivity contribution in [2.24, 2.45) is 0 Å². The van der Waals surface area contributed by atoms with Crippen LogP contribution in [0.25, 0.3) is 0 Å². The van der Waals surface area contributed by atoms with Gasteiger partial charge in [0.25, 0.3) is 0 Å². The van der Waals surface area contributed by atoms with E-state index >= 15 is 0 Å². The Bertz CT molecular complexity index is 796. The Hall–Kier alpha value is -2.06. The molecule has 0 atom stereocenters. The van der Waals surface area contributed by atoms with Crippen molar-refractivity contribution in [3.05, 3.63) is 52.2 Å². The molecule has 1 aromatic carbocycles. The highest BCUT2D eigenvalue weighted by Crippen LogP contribution is 2.41. The number of carbonyl (C=O) groups is 2. The van der Waals surface area contributed by atoms with E-state index in [0.717, 1.165) is 19.2 Å². The predicted octanol–water partition coefficient (Wildman–Crippen LogP) is 4.50. The van der Waals surface area contributed by atoms with Gasteiger partial charge in [-0.1, -0.05) is 23.4 Å². The first-order chi connectivity index (χ1) is 11.3. The number of ether oxygens (including phenoxy) is 1. The number of rotatable bonds is 4. The summed E-state index contributed by atoms with van der Waals surface area (Å²) in [5.41, 5.74) is -1.67. The zero-order valence-corrected chi connectivity index (χ0v) is 13.6. The zero-order chi connectivity index (χ0) is 17.9. The Morgan fingerprint density at radius 1 is 1.33 bits per heavy atom. The van der Waals surface area contributed by atoms with Crippen LogP contribution < -0.4 is 0 Å². The average Bonchev–Trinajstić information content (AvgIpc) is 2.55. The Balaban J connectivity index is 2.59. The maximum atomic E-state index is 13.0. The molecule has 0 amide bonds. The van der Waals surface area contributed by atoms with E-state index in [1.807, 2.05) is 0 Å². The van der Waals surface area contributed by atoms with Gasteiger partial charge in [0, 0.05) is 16.7 Å². The average molecular weight is 376 g/mol. The second kappa shape index (κ2) is 7.23. The molecule has 0 N–H and O–H groups in total. The van der Waals surface area contributed by atoms with Gasteiger partial charge in [0.05, 0.1) is 23.3 Å². The van der Waals surface area contributed by atoms with Crippen LogP contribution in [0.15, 0.2) is 40.4 Å². The summed E-state index contributed by atoms with van der Waals surface area (Å²) in [4.78, 5) is 26.8. The lowest BCUT2D eigenvalue weighted by atomic mass is 10.1. The van der Waals surface area contributed by atoms with Crippen molar-refractivity contribution in [3.63, 3.8) is 0 Å². The summed E-state index contributed by atoms with van der Waals surface area (Å²) in [6.45, 7) is 0. The maximum absolute atomic E-state index is 13.0. The fraction of sp³-hybridized carbons (Fsp3) is 0.133. The van der Waals surface area contributed by atoms with Crippen LogP contribution in [-0.4, -0.2) is 24.3 Å². The zero-order valence-electron chi connectivity index (χ0n) is 12.1. The molecule has 0 radical (unpaired) electrons. The Morgan fingerprint density at radius 3 is 2.62 bits per heavy atom. The van der Waals surface area contributed by atoms with Crippen LogP contribution in [-0.2, 0) is 10.9 Å². The van der Waals surface area contributed by atoms with Gasteiger partial charge in [0.2, 0.25) is 0 Å². The number of nitrogens with zero attached hydrogens (tertiary/aromatic N) is 1. The molecule has 0 spiro atoms. The number of aldehydes is 1. The molecule has 0 aliphatic carbocycles. The van der Waals surface area contributed by atoms with Crippen molar-refractivity contribution in [1.82, 2.24) is 4.98 Å². The van der Waals surface area contributed by atoms with E-state index in [1.165, 1.54) is 18.3 Å². The lowest BCUT2D eigenvalue weighted by molar-refractivity contribution is -0.138. The topological polar surface area (TPSA) is 56.3 Å². The molecule has 0 saturated heterocycles. The van der Waals surface area contributed by atoms with Crippen LogP contribution in [0.2, 0.25) is 5.02 Å². The van der Waals surface area contributed by atoms with E-state index in [4.69, 9.17) is 11.6 Å². The number of carbonyl (C=O) groups excluding carboxylic acids is 2. The number of hydrogen-bond acceptors (Lipinski definition) is 5. The summed E-state index contributed by atoms with van der Waals surface area (Å²) in [6.07, 6.45) is -3.28. The third-order valence-electron chi connectivity index (χ3n) is 2.95. The Morgan fingerprint density at radius 2 is 2.04 bits per heavy atom. The van der Waals surface area contributed by atoms with Crippen molar-refractivity contribution >= 4 is 35.6 Å². The van der Waals surface area contributed by atoms with Crippen molar-refractivity contribution in [2.45, 2.75) is 16.1 Å². The normalized spacial score (nSPS) is 11.2. The molecule has 4 nitrogen and oxygen atoms in total. The molecule has 0 saturated carbocycles. The summed E-state index contributed by atoms with van der Waals surface area (Å²) in [7, 11) is 1.16. The van der Waals surface area contributed by atoms with E-state index in [-0.39, 0.29) is 26.8 Å². The molecule has 1 heterocycles. The lowest BCUT2D eigenvalue weighted by Crippen LogP contribution is -2.10. The van der Waals surface area contributed by atoms with Gasteiger partial charge in [-0.3, -0.25) is 4.79 Å². The Kier molecular flexibility index (Phi) is 5.51. The van der Waals surface area contributed by atoms with E-state index in [9.17, 15) is 22.8 Å². The highest BCUT2D eigenvalue weighted by molar-refractivity contribution is 7.99. The maximum Gasteiger partial charge on any atom is 0.417 e. The van der Waals surface area contributed by atoms with Crippen molar-refractivity contribution in [1.29, 1.82) is 0 Å². The monoisotopic (exact) mass is 375 g/mol. The molecule has 0 fully saturated rings. The number of esters is 1. The predicted molar refractivity (Wildman–Crippen MR) is 81.5 cm³/mol. The van der Waals surface area contributed by atoms with Crippen LogP contribution in [0.3, 0.4) is 0 Å². The van der Waals surface area contributed by atoms with E-state index in [2.05, 4.69) is 9.72 Å². The fourth-order valence-corrected chi connectivity index (χ4v) is 3.16. The summed E-state index contributed by atoms with van der Waals surface area (Å²) < 4.78 is 43.7. The number of halogens is 4. The largest absolute Gasteiger partial charge is 0.465 e. The fourth-order valence-electron chi connectivity index (χ4n) is 1.87. The molecule has 2 aromatic rings. The van der Waals surface area contributed by atoms with Crippen molar-refractivity contribution in [2.75, 3.05) is 7.11 Å². The van der Waals surface area contributed by atoms with Gasteiger partial charge in [0.1, 0.15) is 5.03 Å². The molecule has 0 aliphatic rings. The summed E-state index contributed by atoms with van der Waals surface area (Å²) >= 11 is 6.65. The smallest absolute Gasteiger partial charge is 0.417 e. The third kappa shape index (κ3) is 3.70. The van der Waals surface area contributed by atoms with Crippen LogP contribution >= 0.6 is 23.4 Å². The molecule has 24 heavy (non-hydrogen) atoms. The van der Waals surface area contributed by atoms with Gasteiger partial charge >= 0.3 is 12.1 Å². The number of aromatic nitrogens is 1. The second-order valence-corrected chi connectivity index (χ2v) is 5.81. The van der Waals surface area contributed by atoms with Gasteiger partial charge in [-0.15, -0.1) is 0 Å². The first-order valence-corrected chi connectivity index (χ1v) is 7.55. The molecule has 9 heteroatoms.